The van der Waals surface area contributed by atoms with Crippen molar-refractivity contribution in [2.24, 2.45) is 0 Å². The van der Waals surface area contributed by atoms with Crippen molar-refractivity contribution >= 4 is 0 Å². The molecule has 0 aliphatic heterocycles. The molecular weight excluding hydrogens is 93.1 g/mol. The number of hydrogen-bond donors (Lipinski definition) is 1. The molecule has 0 saturated heterocycles. The molecule has 24 valence electrons. The fraction of sp³-hybridized carbons (Fsp3) is 0.500. The number of rotatable bonds is 0. The minimum absolute atomic E-state index is 0. The molecule has 0 aromatic heterocycles. The summed E-state index contributed by atoms with van der Waals surface area (Å²) in [6, 6.07) is 0. The summed E-state index contributed by atoms with van der Waals surface area (Å²) in [6.07, 6.45) is 0. The van der Waals surface area contributed by atoms with Gasteiger partial charge < -0.3 is 16.9 Å². The Morgan fingerprint density at radius 2 is 1.40 bits per heavy atom. The first-order chi connectivity index (χ1) is 2.00. The van der Waals surface area contributed by atoms with Crippen LogP contribution in [0.15, 0.2) is 0 Å². The van der Waals surface area contributed by atoms with E-state index in [2.05, 4.69) is 0 Å². The Hall–Kier alpha value is 1.09. The molecule has 0 heterocycles. The summed E-state index contributed by atoms with van der Waals surface area (Å²) in [5, 5.41) is 13.2. The van der Waals surface area contributed by atoms with E-state index in [1.807, 2.05) is 0 Å². The van der Waals surface area contributed by atoms with E-state index in [1.165, 1.54) is 0 Å². The Labute approximate surface area is 74.2 Å². The van der Waals surface area contributed by atoms with Crippen molar-refractivity contribution in [2.45, 2.75) is 0 Å². The van der Waals surface area contributed by atoms with E-state index < -0.39 is 0 Å². The van der Waals surface area contributed by atoms with E-state index in [0.29, 0.717) is 0 Å². The first-order valence-corrected chi connectivity index (χ1v) is 0.671. The Morgan fingerprint density at radius 3 is 1.40 bits per heavy atom. The molecule has 5 heavy (non-hydrogen) atoms. The zero-order valence-electron chi connectivity index (χ0n) is 3.39. The molecule has 0 atom stereocenters. The fourth-order valence-corrected chi connectivity index (χ4v) is 0. The summed E-state index contributed by atoms with van der Waals surface area (Å²) < 4.78 is 0. The van der Waals surface area contributed by atoms with Gasteiger partial charge >= 0.3 is 51.4 Å². The number of aliphatic hydroxyl groups excluding tert-OH is 1. The summed E-state index contributed by atoms with van der Waals surface area (Å²) in [5.74, 6) is 0. The van der Waals surface area contributed by atoms with Crippen LogP contribution in [0.1, 0.15) is 0 Å². The predicted octanol–water partition coefficient (Wildman–Crippen LogP) is -3.29. The largest absolute Gasteiger partial charge is 1.00 e. The van der Waals surface area contributed by atoms with Gasteiger partial charge in [-0.3, -0.25) is 0 Å². The first-order valence-electron chi connectivity index (χ1n) is 0.671. The Bertz CT molecular complexity index is 14.4. The molecule has 0 saturated carbocycles. The minimum Gasteiger partial charge on any atom is -0.512 e. The van der Waals surface area contributed by atoms with Crippen molar-refractivity contribution < 1.29 is 56.5 Å². The van der Waals surface area contributed by atoms with Gasteiger partial charge in [-0.25, -0.2) is 0 Å². The second-order valence-electron chi connectivity index (χ2n) is 0. The summed E-state index contributed by atoms with van der Waals surface area (Å²) in [6.45, 7) is 4.75. The van der Waals surface area contributed by atoms with Crippen LogP contribution >= 0.6 is 0 Å². The molecule has 0 aromatic carbocycles. The van der Waals surface area contributed by atoms with Crippen LogP contribution in [0, 0.1) is 11.8 Å². The quantitative estimate of drug-likeness (QED) is 0.254. The average Bonchev–Trinajstić information content (AvgIpc) is 1.50. The predicted molar refractivity (Wildman–Crippen MR) is 13.1 cm³/mol. The summed E-state index contributed by atoms with van der Waals surface area (Å²) in [4.78, 5) is 0. The van der Waals surface area contributed by atoms with Gasteiger partial charge in [0, 0.05) is 7.11 Å². The van der Waals surface area contributed by atoms with Crippen molar-refractivity contribution in [2.75, 3.05) is 7.11 Å². The van der Waals surface area contributed by atoms with E-state index >= 15 is 0 Å². The van der Waals surface area contributed by atoms with E-state index in [0.717, 1.165) is 7.11 Å². The van der Waals surface area contributed by atoms with Crippen LogP contribution < -0.4 is 51.4 Å². The molecule has 0 unspecified atom stereocenters. The molecular formula is C2H4KNO. The molecule has 1 N–H and O–H groups in total. The van der Waals surface area contributed by atoms with Gasteiger partial charge in [-0.05, 0) is 0 Å². The third kappa shape index (κ3) is 41.1. The van der Waals surface area contributed by atoms with Gasteiger partial charge in [0.2, 0.25) is 0 Å². The molecule has 2 nitrogen and oxygen atoms in total. The Kier molecular flexibility index (Phi) is 238. The second-order valence-corrected chi connectivity index (χ2v) is 0. The minimum atomic E-state index is 0. The molecule has 0 aliphatic carbocycles. The van der Waals surface area contributed by atoms with E-state index in [-0.39, 0.29) is 51.4 Å². The molecule has 0 radical (unpaired) electrons. The maximum atomic E-state index is 7.00. The Morgan fingerprint density at radius 1 is 1.40 bits per heavy atom. The SMILES string of the molecule is CO.[C-]#N.[K+]. The third-order valence-corrected chi connectivity index (χ3v) is 0. The van der Waals surface area contributed by atoms with Crippen molar-refractivity contribution in [1.29, 1.82) is 5.26 Å². The monoisotopic (exact) mass is 97.0 g/mol. The zero-order chi connectivity index (χ0) is 4.00. The van der Waals surface area contributed by atoms with Gasteiger partial charge in [0.1, 0.15) is 0 Å². The van der Waals surface area contributed by atoms with Gasteiger partial charge in [-0.2, -0.15) is 0 Å². The summed E-state index contributed by atoms with van der Waals surface area (Å²) >= 11 is 0. The van der Waals surface area contributed by atoms with Gasteiger partial charge in [0.15, 0.2) is 0 Å². The Balaban J connectivity index is -0.0000000133. The summed E-state index contributed by atoms with van der Waals surface area (Å²) in [5.41, 5.74) is 0. The third-order valence-electron chi connectivity index (χ3n) is 0. The van der Waals surface area contributed by atoms with Crippen LogP contribution in [0.2, 0.25) is 0 Å². The van der Waals surface area contributed by atoms with Crippen LogP contribution in [0.4, 0.5) is 0 Å². The molecule has 0 spiro atoms. The van der Waals surface area contributed by atoms with Gasteiger partial charge in [-0.15, -0.1) is 0 Å². The van der Waals surface area contributed by atoms with Crippen LogP contribution in [-0.2, 0) is 0 Å². The van der Waals surface area contributed by atoms with Crippen LogP contribution in [0.3, 0.4) is 0 Å². The smallest absolute Gasteiger partial charge is 0.512 e. The topological polar surface area (TPSA) is 44.0 Å². The number of hydrogen-bond acceptors (Lipinski definition) is 2. The maximum Gasteiger partial charge on any atom is 1.00 e. The standard InChI is InChI=1S/CN.CH4O.K/c2*1-2;/h;2H,1H3;/q-1;;+1. The molecule has 0 fully saturated rings. The van der Waals surface area contributed by atoms with Crippen molar-refractivity contribution in [1.82, 2.24) is 0 Å². The van der Waals surface area contributed by atoms with E-state index in [9.17, 15) is 0 Å². The van der Waals surface area contributed by atoms with Crippen molar-refractivity contribution in [3.63, 3.8) is 0 Å². The molecule has 3 heteroatoms. The second kappa shape index (κ2) is 72.0. The van der Waals surface area contributed by atoms with Crippen molar-refractivity contribution in [3.8, 4) is 0 Å². The van der Waals surface area contributed by atoms with Crippen molar-refractivity contribution in [3.05, 3.63) is 6.57 Å². The van der Waals surface area contributed by atoms with E-state index in [4.69, 9.17) is 16.9 Å². The fourth-order valence-electron chi connectivity index (χ4n) is 0. The molecule has 0 bridgehead atoms. The van der Waals surface area contributed by atoms with Gasteiger partial charge in [0.25, 0.3) is 0 Å². The number of aliphatic hydroxyl groups is 1. The molecule has 0 aromatic rings. The van der Waals surface area contributed by atoms with Crippen LogP contribution in [0.5, 0.6) is 0 Å². The normalized spacial score (nSPS) is 1.60. The maximum absolute atomic E-state index is 7.00. The van der Waals surface area contributed by atoms with E-state index in [1.54, 1.807) is 0 Å². The molecule has 0 amide bonds. The van der Waals surface area contributed by atoms with Crippen LogP contribution in [0.25, 0.3) is 0 Å². The zero-order valence-corrected chi connectivity index (χ0v) is 6.52. The van der Waals surface area contributed by atoms with Gasteiger partial charge in [0.05, 0.1) is 0 Å². The molecule has 0 rings (SSSR count). The first kappa shape index (κ1) is 16.5. The van der Waals surface area contributed by atoms with Gasteiger partial charge in [-0.1, -0.05) is 0 Å². The summed E-state index contributed by atoms with van der Waals surface area (Å²) in [7, 11) is 1.00. The number of nitrogens with zero attached hydrogens (tertiary/aromatic N) is 1. The molecule has 0 aliphatic rings. The van der Waals surface area contributed by atoms with Crippen LogP contribution in [-0.4, -0.2) is 12.2 Å². The average molecular weight is 97.2 g/mol.